The van der Waals surface area contributed by atoms with Crippen LogP contribution in [0.15, 0.2) is 23.8 Å². The van der Waals surface area contributed by atoms with Gasteiger partial charge in [0.1, 0.15) is 0 Å². The van der Waals surface area contributed by atoms with Crippen LogP contribution < -0.4 is 0 Å². The summed E-state index contributed by atoms with van der Waals surface area (Å²) < 4.78 is 0. The van der Waals surface area contributed by atoms with Crippen LogP contribution in [0.3, 0.4) is 0 Å². The smallest absolute Gasteiger partial charge is 0.00938 e. The topological polar surface area (TPSA) is 0 Å². The van der Waals surface area contributed by atoms with Crippen LogP contribution in [0.25, 0.3) is 0 Å². The molecule has 1 unspecified atom stereocenters. The van der Waals surface area contributed by atoms with Gasteiger partial charge in [-0.1, -0.05) is 51.0 Å². The highest BCUT2D eigenvalue weighted by Crippen LogP contribution is 2.64. The van der Waals surface area contributed by atoms with E-state index in [9.17, 15) is 0 Å². The molecule has 3 saturated carbocycles. The van der Waals surface area contributed by atoms with E-state index in [1.54, 1.807) is 5.57 Å². The summed E-state index contributed by atoms with van der Waals surface area (Å²) in [5, 5.41) is 0. The van der Waals surface area contributed by atoms with Crippen molar-refractivity contribution in [2.45, 2.75) is 65.7 Å². The maximum atomic E-state index is 2.60. The van der Waals surface area contributed by atoms with E-state index in [0.29, 0.717) is 16.7 Å². The van der Waals surface area contributed by atoms with Crippen LogP contribution in [-0.4, -0.2) is 0 Å². The van der Waals surface area contributed by atoms with E-state index in [2.05, 4.69) is 39.0 Å². The molecule has 0 aromatic heterocycles. The average molecular weight is 270 g/mol. The monoisotopic (exact) mass is 270 g/mol. The van der Waals surface area contributed by atoms with Gasteiger partial charge in [-0.25, -0.2) is 0 Å². The molecule has 6 atom stereocenters. The Kier molecular flexibility index (Phi) is 2.79. The summed E-state index contributed by atoms with van der Waals surface area (Å²) in [6.45, 7) is 7.49. The first kappa shape index (κ1) is 13.2. The normalized spacial score (nSPS) is 53.9. The van der Waals surface area contributed by atoms with Gasteiger partial charge in [0.05, 0.1) is 0 Å². The highest BCUT2D eigenvalue weighted by molar-refractivity contribution is 5.32. The van der Waals surface area contributed by atoms with Crippen LogP contribution in [0.1, 0.15) is 65.7 Å². The van der Waals surface area contributed by atoms with E-state index in [1.165, 1.54) is 44.9 Å². The Bertz CT molecular complexity index is 470. The molecule has 0 heteroatoms. The van der Waals surface area contributed by atoms with Crippen LogP contribution in [-0.2, 0) is 0 Å². The molecule has 0 aromatic rings. The lowest BCUT2D eigenvalue weighted by Gasteiger charge is -2.56. The number of fused-ring (bicyclic) bond motifs is 5. The van der Waals surface area contributed by atoms with Crippen molar-refractivity contribution in [3.05, 3.63) is 23.8 Å². The zero-order chi connectivity index (χ0) is 14.0. The quantitative estimate of drug-likeness (QED) is 0.491. The summed E-state index contributed by atoms with van der Waals surface area (Å²) >= 11 is 0. The molecule has 0 aromatic carbocycles. The summed E-state index contributed by atoms with van der Waals surface area (Å²) in [5.74, 6) is 3.64. The predicted molar refractivity (Wildman–Crippen MR) is 85.4 cm³/mol. The summed E-state index contributed by atoms with van der Waals surface area (Å²) in [6, 6.07) is 0. The zero-order valence-electron chi connectivity index (χ0n) is 13.5. The first-order valence-electron chi connectivity index (χ1n) is 8.93. The maximum absolute atomic E-state index is 2.60. The van der Waals surface area contributed by atoms with E-state index in [1.807, 2.05) is 0 Å². The van der Waals surface area contributed by atoms with Crippen molar-refractivity contribution < 1.29 is 0 Å². The maximum Gasteiger partial charge on any atom is 0.00938 e. The van der Waals surface area contributed by atoms with Crippen molar-refractivity contribution in [1.29, 1.82) is 0 Å². The molecule has 4 rings (SSSR count). The highest BCUT2D eigenvalue weighted by Gasteiger charge is 2.55. The van der Waals surface area contributed by atoms with Crippen molar-refractivity contribution in [2.24, 2.45) is 34.5 Å². The van der Waals surface area contributed by atoms with Gasteiger partial charge < -0.3 is 0 Å². The summed E-state index contributed by atoms with van der Waals surface area (Å²) in [7, 11) is 0. The standard InChI is InChI=1S/C20H30/c1-14-8-12-20(3)15(13-14)6-7-16-17-5-4-10-19(17,2)11-9-18(16)20/h8,12-14,16-18H,4-7,9-11H2,1-3H3/t14?,16-,17-,18-,19-,20-/m0/s1. The van der Waals surface area contributed by atoms with Gasteiger partial charge in [0.25, 0.3) is 0 Å². The second-order valence-corrected chi connectivity index (χ2v) is 8.69. The van der Waals surface area contributed by atoms with Crippen LogP contribution >= 0.6 is 0 Å². The van der Waals surface area contributed by atoms with E-state index in [0.717, 1.165) is 17.8 Å². The Morgan fingerprint density at radius 1 is 1.05 bits per heavy atom. The fraction of sp³-hybridized carbons (Fsp3) is 0.800. The van der Waals surface area contributed by atoms with Crippen molar-refractivity contribution in [2.75, 3.05) is 0 Å². The minimum absolute atomic E-state index is 0.402. The molecular formula is C20H30. The Balaban J connectivity index is 1.69. The second-order valence-electron chi connectivity index (χ2n) is 8.69. The van der Waals surface area contributed by atoms with Crippen LogP contribution in [0, 0.1) is 34.5 Å². The van der Waals surface area contributed by atoms with Gasteiger partial charge in [0.2, 0.25) is 0 Å². The third kappa shape index (κ3) is 1.66. The molecule has 20 heavy (non-hydrogen) atoms. The molecule has 0 amide bonds. The van der Waals surface area contributed by atoms with Gasteiger partial charge in [-0.05, 0) is 67.6 Å². The lowest BCUT2D eigenvalue weighted by atomic mass is 9.48. The zero-order valence-corrected chi connectivity index (χ0v) is 13.5. The van der Waals surface area contributed by atoms with Gasteiger partial charge in [0, 0.05) is 5.41 Å². The SMILES string of the molecule is CC1C=C[C@@]2(C)C(=C1)CC[C@H]1[C@@H]3CCC[C@@]3(C)CC[C@@H]12. The lowest BCUT2D eigenvalue weighted by Crippen LogP contribution is -2.48. The lowest BCUT2D eigenvalue weighted by molar-refractivity contribution is -0.0156. The Labute approximate surface area is 124 Å². The van der Waals surface area contributed by atoms with Crippen molar-refractivity contribution >= 4 is 0 Å². The molecule has 0 radical (unpaired) electrons. The molecule has 110 valence electrons. The molecule has 0 spiro atoms. The van der Waals surface area contributed by atoms with Crippen LogP contribution in [0.4, 0.5) is 0 Å². The average Bonchev–Trinajstić information content (AvgIpc) is 2.81. The van der Waals surface area contributed by atoms with Crippen LogP contribution in [0.2, 0.25) is 0 Å². The van der Waals surface area contributed by atoms with Gasteiger partial charge in [0.15, 0.2) is 0 Å². The third-order valence-electron chi connectivity index (χ3n) is 7.64. The molecule has 0 N–H and O–H groups in total. The molecule has 4 aliphatic rings. The van der Waals surface area contributed by atoms with Gasteiger partial charge in [-0.3, -0.25) is 0 Å². The number of allylic oxidation sites excluding steroid dienone is 4. The summed E-state index contributed by atoms with van der Waals surface area (Å²) in [5.41, 5.74) is 2.87. The summed E-state index contributed by atoms with van der Waals surface area (Å²) in [4.78, 5) is 0. The van der Waals surface area contributed by atoms with Crippen LogP contribution in [0.5, 0.6) is 0 Å². The van der Waals surface area contributed by atoms with Crippen molar-refractivity contribution in [3.8, 4) is 0 Å². The molecule has 0 nitrogen and oxygen atoms in total. The van der Waals surface area contributed by atoms with Gasteiger partial charge in [-0.2, -0.15) is 0 Å². The van der Waals surface area contributed by atoms with Crippen molar-refractivity contribution in [1.82, 2.24) is 0 Å². The first-order chi connectivity index (χ1) is 9.53. The Morgan fingerprint density at radius 2 is 1.90 bits per heavy atom. The molecule has 4 aliphatic carbocycles. The Morgan fingerprint density at radius 3 is 2.75 bits per heavy atom. The number of hydrogen-bond donors (Lipinski definition) is 0. The van der Waals surface area contributed by atoms with Gasteiger partial charge in [-0.15, -0.1) is 0 Å². The van der Waals surface area contributed by atoms with Crippen molar-refractivity contribution in [3.63, 3.8) is 0 Å². The molecular weight excluding hydrogens is 240 g/mol. The fourth-order valence-electron chi connectivity index (χ4n) is 6.48. The molecule has 0 heterocycles. The number of rotatable bonds is 0. The van der Waals surface area contributed by atoms with Gasteiger partial charge >= 0.3 is 0 Å². The predicted octanol–water partition coefficient (Wildman–Crippen LogP) is 5.75. The second kappa shape index (κ2) is 4.24. The highest BCUT2D eigenvalue weighted by atomic mass is 14.6. The van der Waals surface area contributed by atoms with E-state index >= 15 is 0 Å². The largest absolute Gasteiger partial charge is 0.0810 e. The van der Waals surface area contributed by atoms with E-state index in [-0.39, 0.29) is 0 Å². The molecule has 3 fully saturated rings. The van der Waals surface area contributed by atoms with E-state index in [4.69, 9.17) is 0 Å². The minimum atomic E-state index is 0.402. The molecule has 0 aliphatic heterocycles. The minimum Gasteiger partial charge on any atom is -0.0810 e. The fourth-order valence-corrected chi connectivity index (χ4v) is 6.48. The summed E-state index contributed by atoms with van der Waals surface area (Å²) in [6.07, 6.45) is 18.0. The Hall–Kier alpha value is -0.520. The first-order valence-corrected chi connectivity index (χ1v) is 8.93. The third-order valence-corrected chi connectivity index (χ3v) is 7.64. The molecule has 0 saturated heterocycles. The van der Waals surface area contributed by atoms with E-state index < -0.39 is 0 Å². The molecule has 0 bridgehead atoms. The number of hydrogen-bond acceptors (Lipinski definition) is 0.